The summed E-state index contributed by atoms with van der Waals surface area (Å²) in [5.41, 5.74) is 1.75. The van der Waals surface area contributed by atoms with Gasteiger partial charge in [0, 0.05) is 37.5 Å². The van der Waals surface area contributed by atoms with Crippen LogP contribution >= 0.6 is 0 Å². The molecule has 1 aromatic carbocycles. The van der Waals surface area contributed by atoms with Crippen molar-refractivity contribution < 1.29 is 19.1 Å². The molecule has 1 aliphatic rings. The number of benzene rings is 1. The number of hydrogen-bond acceptors (Lipinski definition) is 4. The van der Waals surface area contributed by atoms with Crippen LogP contribution in [0.15, 0.2) is 24.3 Å². The van der Waals surface area contributed by atoms with Crippen LogP contribution in [0, 0.1) is 6.92 Å². The number of ketones is 1. The molecule has 1 saturated heterocycles. The number of rotatable bonds is 6. The zero-order valence-electron chi connectivity index (χ0n) is 14.9. The maximum absolute atomic E-state index is 12.3. The highest BCUT2D eigenvalue weighted by atomic mass is 16.5. The quantitative estimate of drug-likeness (QED) is 0.804. The van der Waals surface area contributed by atoms with Crippen molar-refractivity contribution in [3.63, 3.8) is 0 Å². The summed E-state index contributed by atoms with van der Waals surface area (Å²) in [7, 11) is 0. The SMILES string of the molecule is CCOC(=O)NC1CCN(C(=O)CCC(=O)c2ccc(C)cc2)CC1. The van der Waals surface area contributed by atoms with Gasteiger partial charge in [-0.25, -0.2) is 4.79 Å². The Morgan fingerprint density at radius 2 is 1.76 bits per heavy atom. The largest absolute Gasteiger partial charge is 0.450 e. The summed E-state index contributed by atoms with van der Waals surface area (Å²) < 4.78 is 4.87. The van der Waals surface area contributed by atoms with Gasteiger partial charge in [0.1, 0.15) is 0 Å². The van der Waals surface area contributed by atoms with E-state index in [2.05, 4.69) is 5.32 Å². The van der Waals surface area contributed by atoms with E-state index in [4.69, 9.17) is 4.74 Å². The molecule has 1 heterocycles. The fraction of sp³-hybridized carbons (Fsp3) is 0.526. The monoisotopic (exact) mass is 346 g/mol. The highest BCUT2D eigenvalue weighted by Gasteiger charge is 2.24. The van der Waals surface area contributed by atoms with Crippen molar-refractivity contribution in [2.24, 2.45) is 0 Å². The molecule has 0 aromatic heterocycles. The van der Waals surface area contributed by atoms with Crippen molar-refractivity contribution >= 4 is 17.8 Å². The average Bonchev–Trinajstić information content (AvgIpc) is 2.61. The molecule has 2 rings (SSSR count). The molecule has 0 radical (unpaired) electrons. The maximum atomic E-state index is 12.3. The number of alkyl carbamates (subject to hydrolysis) is 1. The van der Waals surface area contributed by atoms with Crippen LogP contribution in [0.2, 0.25) is 0 Å². The van der Waals surface area contributed by atoms with E-state index in [-0.39, 0.29) is 30.6 Å². The predicted molar refractivity (Wildman–Crippen MR) is 94.5 cm³/mol. The van der Waals surface area contributed by atoms with Crippen LogP contribution in [0.4, 0.5) is 4.79 Å². The summed E-state index contributed by atoms with van der Waals surface area (Å²) in [6.45, 7) is 5.26. The lowest BCUT2D eigenvalue weighted by Gasteiger charge is -2.32. The van der Waals surface area contributed by atoms with Crippen LogP contribution in [-0.2, 0) is 9.53 Å². The lowest BCUT2D eigenvalue weighted by molar-refractivity contribution is -0.132. The first-order valence-corrected chi connectivity index (χ1v) is 8.80. The van der Waals surface area contributed by atoms with Gasteiger partial charge in [-0.15, -0.1) is 0 Å². The van der Waals surface area contributed by atoms with Crippen LogP contribution in [0.5, 0.6) is 0 Å². The number of nitrogens with one attached hydrogen (secondary N) is 1. The number of piperidine rings is 1. The Labute approximate surface area is 148 Å². The third kappa shape index (κ3) is 5.89. The van der Waals surface area contributed by atoms with E-state index in [1.54, 1.807) is 24.0 Å². The lowest BCUT2D eigenvalue weighted by Crippen LogP contribution is -2.46. The van der Waals surface area contributed by atoms with E-state index >= 15 is 0 Å². The zero-order chi connectivity index (χ0) is 18.2. The highest BCUT2D eigenvalue weighted by molar-refractivity contribution is 5.98. The van der Waals surface area contributed by atoms with Gasteiger partial charge < -0.3 is 15.0 Å². The first-order chi connectivity index (χ1) is 12.0. The van der Waals surface area contributed by atoms with Crippen LogP contribution < -0.4 is 5.32 Å². The van der Waals surface area contributed by atoms with E-state index in [1.807, 2.05) is 19.1 Å². The van der Waals surface area contributed by atoms with Crippen molar-refractivity contribution in [1.29, 1.82) is 0 Å². The zero-order valence-corrected chi connectivity index (χ0v) is 14.9. The third-order valence-electron chi connectivity index (χ3n) is 4.38. The van der Waals surface area contributed by atoms with Crippen molar-refractivity contribution in [2.75, 3.05) is 19.7 Å². The molecule has 0 atom stereocenters. The highest BCUT2D eigenvalue weighted by Crippen LogP contribution is 2.14. The number of carbonyl (C=O) groups excluding carboxylic acids is 3. The molecule has 25 heavy (non-hydrogen) atoms. The summed E-state index contributed by atoms with van der Waals surface area (Å²) in [6, 6.07) is 7.44. The minimum absolute atomic E-state index is 0.00459. The van der Waals surface area contributed by atoms with Gasteiger partial charge in [-0.3, -0.25) is 9.59 Å². The molecule has 2 amide bonds. The molecule has 6 heteroatoms. The number of aryl methyl sites for hydroxylation is 1. The van der Waals surface area contributed by atoms with Crippen molar-refractivity contribution in [1.82, 2.24) is 10.2 Å². The standard InChI is InChI=1S/C19H26N2O4/c1-3-25-19(24)20-16-10-12-21(13-11-16)18(23)9-8-17(22)15-6-4-14(2)5-7-15/h4-7,16H,3,8-13H2,1-2H3,(H,20,24). The number of carbonyl (C=O) groups is 3. The summed E-state index contributed by atoms with van der Waals surface area (Å²) in [5, 5.41) is 2.80. The predicted octanol–water partition coefficient (Wildman–Crippen LogP) is 2.70. The summed E-state index contributed by atoms with van der Waals surface area (Å²) in [4.78, 5) is 37.6. The topological polar surface area (TPSA) is 75.7 Å². The molecule has 1 fully saturated rings. The fourth-order valence-corrected chi connectivity index (χ4v) is 2.88. The minimum atomic E-state index is -0.407. The minimum Gasteiger partial charge on any atom is -0.450 e. The van der Waals surface area contributed by atoms with Gasteiger partial charge in [0.05, 0.1) is 6.61 Å². The Morgan fingerprint density at radius 3 is 2.36 bits per heavy atom. The fourth-order valence-electron chi connectivity index (χ4n) is 2.88. The molecule has 6 nitrogen and oxygen atoms in total. The number of hydrogen-bond donors (Lipinski definition) is 1. The van der Waals surface area contributed by atoms with Gasteiger partial charge in [-0.05, 0) is 26.7 Å². The van der Waals surface area contributed by atoms with E-state index < -0.39 is 6.09 Å². The van der Waals surface area contributed by atoms with Crippen molar-refractivity contribution in [2.45, 2.75) is 45.6 Å². The molecule has 1 aromatic rings. The molecule has 0 aliphatic carbocycles. The molecule has 136 valence electrons. The Morgan fingerprint density at radius 1 is 1.12 bits per heavy atom. The van der Waals surface area contributed by atoms with Crippen LogP contribution in [0.3, 0.4) is 0 Å². The van der Waals surface area contributed by atoms with Crippen LogP contribution in [0.25, 0.3) is 0 Å². The Hall–Kier alpha value is -2.37. The van der Waals surface area contributed by atoms with Gasteiger partial charge in [0.25, 0.3) is 0 Å². The van der Waals surface area contributed by atoms with Gasteiger partial charge >= 0.3 is 6.09 Å². The van der Waals surface area contributed by atoms with E-state index in [0.29, 0.717) is 38.1 Å². The van der Waals surface area contributed by atoms with Gasteiger partial charge in [0.2, 0.25) is 5.91 Å². The smallest absolute Gasteiger partial charge is 0.407 e. The van der Waals surface area contributed by atoms with E-state index in [9.17, 15) is 14.4 Å². The van der Waals surface area contributed by atoms with Crippen LogP contribution in [-0.4, -0.2) is 48.4 Å². The number of Topliss-reactive ketones (excluding diaryl/α,β-unsaturated/α-hetero) is 1. The molecule has 0 saturated carbocycles. The van der Waals surface area contributed by atoms with Crippen molar-refractivity contribution in [3.8, 4) is 0 Å². The van der Waals surface area contributed by atoms with Crippen molar-refractivity contribution in [3.05, 3.63) is 35.4 Å². The molecule has 0 bridgehead atoms. The Bertz CT molecular complexity index is 604. The van der Waals surface area contributed by atoms with Crippen LogP contribution in [0.1, 0.15) is 48.5 Å². The second kappa shape index (κ2) is 9.20. The first-order valence-electron chi connectivity index (χ1n) is 8.80. The molecule has 1 N–H and O–H groups in total. The molecule has 0 unspecified atom stereocenters. The third-order valence-corrected chi connectivity index (χ3v) is 4.38. The normalized spacial score (nSPS) is 14.9. The Kier molecular flexibility index (Phi) is 6.98. The van der Waals surface area contributed by atoms with Gasteiger partial charge in [-0.1, -0.05) is 29.8 Å². The number of likely N-dealkylation sites (tertiary alicyclic amines) is 1. The summed E-state index contributed by atoms with van der Waals surface area (Å²) >= 11 is 0. The summed E-state index contributed by atoms with van der Waals surface area (Å²) in [6.07, 6.45) is 1.45. The molecular weight excluding hydrogens is 320 g/mol. The second-order valence-electron chi connectivity index (χ2n) is 6.31. The van der Waals surface area contributed by atoms with Gasteiger partial charge in [-0.2, -0.15) is 0 Å². The Balaban J connectivity index is 1.72. The lowest BCUT2D eigenvalue weighted by atomic mass is 10.0. The summed E-state index contributed by atoms with van der Waals surface area (Å²) in [5.74, 6) is -0.0118. The van der Waals surface area contributed by atoms with E-state index in [0.717, 1.165) is 5.56 Å². The number of nitrogens with zero attached hydrogens (tertiary/aromatic N) is 1. The molecule has 1 aliphatic heterocycles. The maximum Gasteiger partial charge on any atom is 0.407 e. The van der Waals surface area contributed by atoms with Gasteiger partial charge in [0.15, 0.2) is 5.78 Å². The average molecular weight is 346 g/mol. The first kappa shape index (κ1) is 19.0. The second-order valence-corrected chi connectivity index (χ2v) is 6.31. The molecular formula is C19H26N2O4. The number of amides is 2. The number of ether oxygens (including phenoxy) is 1. The molecule has 0 spiro atoms. The van der Waals surface area contributed by atoms with E-state index in [1.165, 1.54) is 0 Å².